The van der Waals surface area contributed by atoms with Crippen LogP contribution in [-0.2, 0) is 4.79 Å². The minimum absolute atomic E-state index is 0.113. The molecule has 2 aliphatic rings. The van der Waals surface area contributed by atoms with Gasteiger partial charge in [0.25, 0.3) is 11.8 Å². The van der Waals surface area contributed by atoms with Gasteiger partial charge in [0, 0.05) is 29.3 Å². The van der Waals surface area contributed by atoms with E-state index < -0.39 is 53.9 Å². The zero-order valence-corrected chi connectivity index (χ0v) is 16.7. The van der Waals surface area contributed by atoms with E-state index in [-0.39, 0.29) is 12.1 Å². The van der Waals surface area contributed by atoms with Crippen molar-refractivity contribution >= 4 is 29.4 Å². The van der Waals surface area contributed by atoms with E-state index in [1.54, 1.807) is 24.3 Å². The largest absolute Gasteiger partial charge is 0.349 e. The third kappa shape index (κ3) is 3.97. The summed E-state index contributed by atoms with van der Waals surface area (Å²) in [6, 6.07) is 9.20. The molecule has 0 bridgehead atoms. The standard InChI is InChI=1S/C21H17ClF3N3O3/c22-13-3-1-11(2-4-13)16-7-14(23)5-6-15(16)17(29)26-10-21(12-8-20(24,25)9-12)18(30)27-19(31)28-21/h1-7,12H,8-10H2,(H,26,29)(H2,27,28,30,31). The van der Waals surface area contributed by atoms with Gasteiger partial charge in [0.1, 0.15) is 11.4 Å². The van der Waals surface area contributed by atoms with E-state index in [4.69, 9.17) is 11.6 Å². The monoisotopic (exact) mass is 451 g/mol. The smallest absolute Gasteiger partial charge is 0.322 e. The van der Waals surface area contributed by atoms with Gasteiger partial charge in [-0.15, -0.1) is 0 Å². The SMILES string of the molecule is O=C1NC(=O)C(CNC(=O)c2ccc(F)cc2-c2ccc(Cl)cc2)(C2CC(F)(F)C2)N1. The first-order valence-corrected chi connectivity index (χ1v) is 9.83. The van der Waals surface area contributed by atoms with Crippen LogP contribution in [0.25, 0.3) is 11.1 Å². The molecular weight excluding hydrogens is 435 g/mol. The summed E-state index contributed by atoms with van der Waals surface area (Å²) in [6.45, 7) is -0.387. The van der Waals surface area contributed by atoms with Gasteiger partial charge in [-0.1, -0.05) is 23.7 Å². The number of hydrogen-bond acceptors (Lipinski definition) is 3. The second-order valence-electron chi connectivity index (χ2n) is 7.72. The molecule has 10 heteroatoms. The van der Waals surface area contributed by atoms with Crippen LogP contribution in [0.4, 0.5) is 18.0 Å². The fourth-order valence-corrected chi connectivity index (χ4v) is 4.09. The Balaban J connectivity index is 1.59. The normalized spacial score (nSPS) is 22.5. The minimum atomic E-state index is -2.92. The average Bonchev–Trinajstić information content (AvgIpc) is 2.98. The van der Waals surface area contributed by atoms with Crippen molar-refractivity contribution in [3.8, 4) is 11.1 Å². The number of urea groups is 1. The molecule has 1 saturated heterocycles. The van der Waals surface area contributed by atoms with Crippen molar-refractivity contribution in [2.24, 2.45) is 5.92 Å². The molecule has 6 nitrogen and oxygen atoms in total. The highest BCUT2D eigenvalue weighted by molar-refractivity contribution is 6.30. The zero-order valence-electron chi connectivity index (χ0n) is 16.0. The number of benzene rings is 2. The molecule has 1 aliphatic carbocycles. The Morgan fingerprint density at radius 1 is 1.13 bits per heavy atom. The van der Waals surface area contributed by atoms with Crippen molar-refractivity contribution < 1.29 is 27.6 Å². The topological polar surface area (TPSA) is 87.3 Å². The van der Waals surface area contributed by atoms with Crippen LogP contribution < -0.4 is 16.0 Å². The van der Waals surface area contributed by atoms with Crippen LogP contribution in [0.3, 0.4) is 0 Å². The number of carbonyl (C=O) groups excluding carboxylic acids is 3. The Morgan fingerprint density at radius 2 is 1.81 bits per heavy atom. The Morgan fingerprint density at radius 3 is 2.39 bits per heavy atom. The van der Waals surface area contributed by atoms with Gasteiger partial charge in [-0.2, -0.15) is 0 Å². The lowest BCUT2D eigenvalue weighted by molar-refractivity contribution is -0.148. The molecule has 2 fully saturated rings. The summed E-state index contributed by atoms with van der Waals surface area (Å²) in [4.78, 5) is 37.0. The Labute approximate surface area is 180 Å². The van der Waals surface area contributed by atoms with Gasteiger partial charge in [0.15, 0.2) is 0 Å². The first kappa shape index (κ1) is 21.2. The number of carbonyl (C=O) groups is 3. The second kappa shape index (κ2) is 7.56. The van der Waals surface area contributed by atoms with Gasteiger partial charge >= 0.3 is 6.03 Å². The van der Waals surface area contributed by atoms with E-state index >= 15 is 0 Å². The Bertz CT molecular complexity index is 1070. The summed E-state index contributed by atoms with van der Waals surface area (Å²) >= 11 is 5.89. The highest BCUT2D eigenvalue weighted by Gasteiger charge is 2.61. The third-order valence-corrected chi connectivity index (χ3v) is 5.92. The van der Waals surface area contributed by atoms with Crippen LogP contribution >= 0.6 is 11.6 Å². The van der Waals surface area contributed by atoms with E-state index in [1.807, 2.05) is 0 Å². The van der Waals surface area contributed by atoms with Gasteiger partial charge in [0.05, 0.1) is 6.54 Å². The van der Waals surface area contributed by atoms with Crippen molar-refractivity contribution in [1.29, 1.82) is 0 Å². The number of imide groups is 1. The third-order valence-electron chi connectivity index (χ3n) is 5.67. The number of alkyl halides is 2. The molecule has 0 spiro atoms. The van der Waals surface area contributed by atoms with Crippen molar-refractivity contribution in [2.75, 3.05) is 6.54 Å². The fraction of sp³-hybridized carbons (Fsp3) is 0.286. The molecule has 4 amide bonds. The fourth-order valence-electron chi connectivity index (χ4n) is 3.97. The Kier molecular flexibility index (Phi) is 5.17. The second-order valence-corrected chi connectivity index (χ2v) is 8.16. The maximum absolute atomic E-state index is 13.9. The van der Waals surface area contributed by atoms with Gasteiger partial charge in [0.2, 0.25) is 5.92 Å². The van der Waals surface area contributed by atoms with Crippen molar-refractivity contribution in [3.63, 3.8) is 0 Å². The highest BCUT2D eigenvalue weighted by atomic mass is 35.5. The number of halogens is 4. The molecule has 2 aromatic rings. The number of rotatable bonds is 5. The van der Waals surface area contributed by atoms with Crippen LogP contribution in [0.5, 0.6) is 0 Å². The van der Waals surface area contributed by atoms with E-state index in [2.05, 4.69) is 16.0 Å². The lowest BCUT2D eigenvalue weighted by atomic mass is 9.68. The molecule has 162 valence electrons. The van der Waals surface area contributed by atoms with Gasteiger partial charge in [-0.25, -0.2) is 18.0 Å². The quantitative estimate of drug-likeness (QED) is 0.608. The Hall–Kier alpha value is -3.07. The molecule has 4 rings (SSSR count). The van der Waals surface area contributed by atoms with Gasteiger partial charge in [-0.05, 0) is 41.5 Å². The minimum Gasteiger partial charge on any atom is -0.349 e. The number of amides is 4. The van der Waals surface area contributed by atoms with Gasteiger partial charge < -0.3 is 10.6 Å². The summed E-state index contributed by atoms with van der Waals surface area (Å²) in [5, 5.41) is 7.46. The van der Waals surface area contributed by atoms with Gasteiger partial charge in [-0.3, -0.25) is 14.9 Å². The summed E-state index contributed by atoms with van der Waals surface area (Å²) < 4.78 is 40.7. The van der Waals surface area contributed by atoms with Crippen LogP contribution in [0.1, 0.15) is 23.2 Å². The molecule has 3 N–H and O–H groups in total. The van der Waals surface area contributed by atoms with Crippen molar-refractivity contribution in [2.45, 2.75) is 24.3 Å². The zero-order chi connectivity index (χ0) is 22.4. The molecule has 1 saturated carbocycles. The molecule has 31 heavy (non-hydrogen) atoms. The van der Waals surface area contributed by atoms with Crippen LogP contribution in [0.2, 0.25) is 5.02 Å². The molecule has 0 radical (unpaired) electrons. The average molecular weight is 452 g/mol. The molecule has 2 aromatic carbocycles. The number of hydrogen-bond donors (Lipinski definition) is 3. The molecule has 1 unspecified atom stereocenters. The molecule has 1 aliphatic heterocycles. The van der Waals surface area contributed by atoms with Crippen LogP contribution in [0, 0.1) is 11.7 Å². The first-order chi connectivity index (χ1) is 14.6. The summed E-state index contributed by atoms with van der Waals surface area (Å²) in [6.07, 6.45) is -1.16. The maximum atomic E-state index is 13.9. The highest BCUT2D eigenvalue weighted by Crippen LogP contribution is 2.48. The van der Waals surface area contributed by atoms with Crippen LogP contribution in [0.15, 0.2) is 42.5 Å². The lowest BCUT2D eigenvalue weighted by Crippen LogP contribution is -2.64. The van der Waals surface area contributed by atoms with Crippen molar-refractivity contribution in [3.05, 3.63) is 58.9 Å². The molecular formula is C21H17ClF3N3O3. The summed E-state index contributed by atoms with van der Waals surface area (Å²) in [5.41, 5.74) is -0.732. The predicted molar refractivity (Wildman–Crippen MR) is 106 cm³/mol. The van der Waals surface area contributed by atoms with Crippen LogP contribution in [-0.4, -0.2) is 35.9 Å². The van der Waals surface area contributed by atoms with Crippen molar-refractivity contribution in [1.82, 2.24) is 16.0 Å². The van der Waals surface area contributed by atoms with E-state index in [0.29, 0.717) is 16.1 Å². The van der Waals surface area contributed by atoms with E-state index in [0.717, 1.165) is 6.07 Å². The molecule has 1 atom stereocenters. The number of nitrogens with one attached hydrogen (secondary N) is 3. The maximum Gasteiger partial charge on any atom is 0.322 e. The summed E-state index contributed by atoms with van der Waals surface area (Å²) in [5.74, 6) is -5.73. The molecule has 0 aromatic heterocycles. The predicted octanol–water partition coefficient (Wildman–Crippen LogP) is 3.50. The first-order valence-electron chi connectivity index (χ1n) is 9.45. The summed E-state index contributed by atoms with van der Waals surface area (Å²) in [7, 11) is 0. The molecule has 1 heterocycles. The van der Waals surface area contributed by atoms with E-state index in [1.165, 1.54) is 12.1 Å². The lowest BCUT2D eigenvalue weighted by Gasteiger charge is -2.44. The van der Waals surface area contributed by atoms with E-state index in [9.17, 15) is 27.6 Å².